The Morgan fingerprint density at radius 1 is 1.10 bits per heavy atom. The van der Waals surface area contributed by atoms with Gasteiger partial charge in [-0.05, 0) is 32.2 Å². The summed E-state index contributed by atoms with van der Waals surface area (Å²) in [6.07, 6.45) is 0. The van der Waals surface area contributed by atoms with Gasteiger partial charge in [-0.1, -0.05) is 6.07 Å². The molecule has 1 saturated heterocycles. The van der Waals surface area contributed by atoms with E-state index >= 15 is 0 Å². The summed E-state index contributed by atoms with van der Waals surface area (Å²) in [7, 11) is -1.99. The summed E-state index contributed by atoms with van der Waals surface area (Å²) in [6.45, 7) is 3.30. The van der Waals surface area contributed by atoms with E-state index in [9.17, 15) is 27.3 Å². The Morgan fingerprint density at radius 2 is 1.77 bits per heavy atom. The summed E-state index contributed by atoms with van der Waals surface area (Å²) in [5, 5.41) is 14.4. The number of rotatable bonds is 6. The summed E-state index contributed by atoms with van der Waals surface area (Å²) in [5.41, 5.74) is -0.284. The van der Waals surface area contributed by atoms with Crippen LogP contribution in [0.2, 0.25) is 0 Å². The second kappa shape index (κ2) is 8.62. The van der Waals surface area contributed by atoms with Crippen molar-refractivity contribution in [2.45, 2.75) is 17.9 Å². The third-order valence-corrected chi connectivity index (χ3v) is 6.96. The molecule has 162 valence electrons. The number of nitro benzene ring substituents is 1. The highest BCUT2D eigenvalue weighted by molar-refractivity contribution is 7.89. The molecule has 1 N–H and O–H groups in total. The van der Waals surface area contributed by atoms with Crippen LogP contribution in [0, 0.1) is 21.7 Å². The number of benzene rings is 2. The SMILES string of the molecule is C[C@H](Nc1ccc(S(=O)(=O)N2CCN(C)CC2)cc1[N+](=O)[O-])c1ccc(F)cc1F. The molecule has 30 heavy (non-hydrogen) atoms. The lowest BCUT2D eigenvalue weighted by atomic mass is 10.1. The van der Waals surface area contributed by atoms with Crippen LogP contribution in [0.4, 0.5) is 20.2 Å². The average molecular weight is 440 g/mol. The Morgan fingerprint density at radius 3 is 2.37 bits per heavy atom. The summed E-state index contributed by atoms with van der Waals surface area (Å²) in [4.78, 5) is 12.7. The molecule has 11 heteroatoms. The fraction of sp³-hybridized carbons (Fsp3) is 0.368. The number of hydrogen-bond acceptors (Lipinski definition) is 6. The summed E-state index contributed by atoms with van der Waals surface area (Å²) < 4.78 is 54.2. The van der Waals surface area contributed by atoms with Crippen LogP contribution < -0.4 is 5.32 Å². The maximum absolute atomic E-state index is 14.0. The minimum Gasteiger partial charge on any atom is -0.373 e. The van der Waals surface area contributed by atoms with E-state index in [4.69, 9.17) is 0 Å². The average Bonchev–Trinajstić information content (AvgIpc) is 2.68. The zero-order chi connectivity index (χ0) is 22.1. The van der Waals surface area contributed by atoms with Crippen LogP contribution in [0.15, 0.2) is 41.3 Å². The summed E-state index contributed by atoms with van der Waals surface area (Å²) in [6, 6.07) is 5.94. The fourth-order valence-corrected chi connectivity index (χ4v) is 4.73. The number of sulfonamides is 1. The molecule has 2 aromatic rings. The first-order chi connectivity index (χ1) is 14.1. The summed E-state index contributed by atoms with van der Waals surface area (Å²) in [5.74, 6) is -1.51. The van der Waals surface area contributed by atoms with Crippen molar-refractivity contribution < 1.29 is 22.1 Å². The van der Waals surface area contributed by atoms with E-state index in [0.29, 0.717) is 26.2 Å². The monoisotopic (exact) mass is 440 g/mol. The smallest absolute Gasteiger partial charge is 0.293 e. The normalized spacial score (nSPS) is 16.9. The second-order valence-electron chi connectivity index (χ2n) is 7.18. The molecule has 1 aliphatic heterocycles. The van der Waals surface area contributed by atoms with E-state index in [1.54, 1.807) is 6.92 Å². The lowest BCUT2D eigenvalue weighted by Crippen LogP contribution is -2.47. The molecular weight excluding hydrogens is 418 g/mol. The number of halogens is 2. The minimum absolute atomic E-state index is 0.0357. The maximum atomic E-state index is 14.0. The Balaban J connectivity index is 1.89. The number of likely N-dealkylation sites (N-methyl/N-ethyl adjacent to an activating group) is 1. The zero-order valence-electron chi connectivity index (χ0n) is 16.5. The van der Waals surface area contributed by atoms with Crippen LogP contribution in [-0.2, 0) is 10.0 Å². The Kier molecular flexibility index (Phi) is 6.34. The van der Waals surface area contributed by atoms with Gasteiger partial charge in [-0.15, -0.1) is 0 Å². The minimum atomic E-state index is -3.88. The van der Waals surface area contributed by atoms with E-state index in [-0.39, 0.29) is 16.1 Å². The van der Waals surface area contributed by atoms with Crippen LogP contribution in [-0.4, -0.2) is 55.8 Å². The largest absolute Gasteiger partial charge is 0.373 e. The molecule has 0 spiro atoms. The Bertz CT molecular complexity index is 1060. The van der Waals surface area contributed by atoms with Crippen molar-refractivity contribution in [2.24, 2.45) is 0 Å². The van der Waals surface area contributed by atoms with E-state index < -0.39 is 38.3 Å². The van der Waals surface area contributed by atoms with E-state index in [1.807, 2.05) is 11.9 Å². The van der Waals surface area contributed by atoms with Gasteiger partial charge in [-0.25, -0.2) is 17.2 Å². The molecule has 0 unspecified atom stereocenters. The fourth-order valence-electron chi connectivity index (χ4n) is 3.29. The van der Waals surface area contributed by atoms with Crippen molar-refractivity contribution in [3.05, 3.63) is 63.7 Å². The highest BCUT2D eigenvalue weighted by atomic mass is 32.2. The molecule has 8 nitrogen and oxygen atoms in total. The van der Waals surface area contributed by atoms with Crippen molar-refractivity contribution in [1.29, 1.82) is 0 Å². The first-order valence-electron chi connectivity index (χ1n) is 9.28. The Hall–Kier alpha value is -2.63. The van der Waals surface area contributed by atoms with Gasteiger partial charge in [0.1, 0.15) is 17.3 Å². The van der Waals surface area contributed by atoms with E-state index in [0.717, 1.165) is 18.2 Å². The first kappa shape index (κ1) is 22.1. The van der Waals surface area contributed by atoms with E-state index in [1.165, 1.54) is 22.5 Å². The molecule has 0 bridgehead atoms. The number of nitrogens with zero attached hydrogens (tertiary/aromatic N) is 3. The third-order valence-electron chi connectivity index (χ3n) is 5.07. The van der Waals surface area contributed by atoms with Crippen molar-refractivity contribution >= 4 is 21.4 Å². The van der Waals surface area contributed by atoms with Gasteiger partial charge in [0.25, 0.3) is 5.69 Å². The topological polar surface area (TPSA) is 95.8 Å². The van der Waals surface area contributed by atoms with E-state index in [2.05, 4.69) is 5.32 Å². The molecule has 3 rings (SSSR count). The van der Waals surface area contributed by atoms with Gasteiger partial charge in [0, 0.05) is 43.9 Å². The second-order valence-corrected chi connectivity index (χ2v) is 9.11. The molecule has 1 aliphatic rings. The van der Waals surface area contributed by atoms with Crippen molar-refractivity contribution in [2.75, 3.05) is 38.5 Å². The van der Waals surface area contributed by atoms with Crippen LogP contribution in [0.3, 0.4) is 0 Å². The van der Waals surface area contributed by atoms with Crippen molar-refractivity contribution in [1.82, 2.24) is 9.21 Å². The number of hydrogen-bond donors (Lipinski definition) is 1. The molecule has 1 heterocycles. The maximum Gasteiger partial charge on any atom is 0.293 e. The van der Waals surface area contributed by atoms with Gasteiger partial charge in [0.2, 0.25) is 10.0 Å². The van der Waals surface area contributed by atoms with Crippen LogP contribution in [0.1, 0.15) is 18.5 Å². The van der Waals surface area contributed by atoms with Crippen LogP contribution >= 0.6 is 0 Å². The quantitative estimate of drug-likeness (QED) is 0.548. The molecule has 0 radical (unpaired) electrons. The summed E-state index contributed by atoms with van der Waals surface area (Å²) >= 11 is 0. The number of nitro groups is 1. The number of piperazine rings is 1. The molecule has 0 aliphatic carbocycles. The molecule has 1 atom stereocenters. The first-order valence-corrected chi connectivity index (χ1v) is 10.7. The van der Waals surface area contributed by atoms with Crippen molar-refractivity contribution in [3.8, 4) is 0 Å². The highest BCUT2D eigenvalue weighted by Gasteiger charge is 2.30. The van der Waals surface area contributed by atoms with Gasteiger partial charge in [0.15, 0.2) is 0 Å². The third kappa shape index (κ3) is 4.58. The number of anilines is 1. The van der Waals surface area contributed by atoms with Gasteiger partial charge < -0.3 is 10.2 Å². The zero-order valence-corrected chi connectivity index (χ0v) is 17.3. The molecule has 0 saturated carbocycles. The molecular formula is C19H22F2N4O4S. The van der Waals surface area contributed by atoms with Gasteiger partial charge in [-0.3, -0.25) is 10.1 Å². The lowest BCUT2D eigenvalue weighted by molar-refractivity contribution is -0.384. The van der Waals surface area contributed by atoms with Crippen LogP contribution in [0.5, 0.6) is 0 Å². The van der Waals surface area contributed by atoms with Gasteiger partial charge in [-0.2, -0.15) is 4.31 Å². The lowest BCUT2D eigenvalue weighted by Gasteiger charge is -2.31. The van der Waals surface area contributed by atoms with Crippen molar-refractivity contribution in [3.63, 3.8) is 0 Å². The molecule has 0 amide bonds. The standard InChI is InChI=1S/C19H22F2N4O4S/c1-13(16-5-3-14(20)11-17(16)21)22-18-6-4-15(12-19(18)25(26)27)30(28,29)24-9-7-23(2)8-10-24/h3-6,11-13,22H,7-10H2,1-2H3/t13-/m0/s1. The molecule has 0 aromatic heterocycles. The predicted molar refractivity (Wildman–Crippen MR) is 108 cm³/mol. The van der Waals surface area contributed by atoms with Gasteiger partial charge >= 0.3 is 0 Å². The molecule has 2 aromatic carbocycles. The highest BCUT2D eigenvalue weighted by Crippen LogP contribution is 2.32. The predicted octanol–water partition coefficient (Wildman–Crippen LogP) is 2.98. The Labute approximate surface area is 173 Å². The van der Waals surface area contributed by atoms with Gasteiger partial charge in [0.05, 0.1) is 15.9 Å². The molecule has 1 fully saturated rings. The van der Waals surface area contributed by atoms with Crippen LogP contribution in [0.25, 0.3) is 0 Å². The number of nitrogens with one attached hydrogen (secondary N) is 1.